The van der Waals surface area contributed by atoms with Crippen molar-refractivity contribution in [2.24, 2.45) is 5.92 Å². The fraction of sp³-hybridized carbons (Fsp3) is 0.667. The Morgan fingerprint density at radius 3 is 2.58 bits per heavy atom. The minimum Gasteiger partial charge on any atom is -0.525 e. The van der Waals surface area contributed by atoms with Gasteiger partial charge in [-0.25, -0.2) is 0 Å². The van der Waals surface area contributed by atoms with Crippen LogP contribution in [-0.4, -0.2) is 15.7 Å². The van der Waals surface area contributed by atoms with Gasteiger partial charge in [0, 0.05) is 5.92 Å². The predicted molar refractivity (Wildman–Crippen MR) is 53.7 cm³/mol. The molecule has 0 aliphatic rings. The summed E-state index contributed by atoms with van der Waals surface area (Å²) in [7, 11) is -0.632. The topological polar surface area (TPSA) is 26.3 Å². The van der Waals surface area contributed by atoms with Crippen molar-refractivity contribution >= 4 is 15.7 Å². The van der Waals surface area contributed by atoms with E-state index < -0.39 is 9.76 Å². The maximum Gasteiger partial charge on any atom is 0.294 e. The summed E-state index contributed by atoms with van der Waals surface area (Å²) in [6.45, 7) is 9.50. The van der Waals surface area contributed by atoms with Crippen molar-refractivity contribution < 1.29 is 9.22 Å². The number of carbonyl (C=O) groups excluding carboxylic acids is 1. The average molecular weight is 186 g/mol. The summed E-state index contributed by atoms with van der Waals surface area (Å²) in [5.41, 5.74) is 1.17. The molecule has 0 aromatic heterocycles. The third-order valence-electron chi connectivity index (χ3n) is 1.46. The lowest BCUT2D eigenvalue weighted by Gasteiger charge is -2.06. The lowest BCUT2D eigenvalue weighted by molar-refractivity contribution is -0.137. The number of carbonyl (C=O) groups is 1. The zero-order valence-corrected chi connectivity index (χ0v) is 9.64. The molecule has 0 bridgehead atoms. The van der Waals surface area contributed by atoms with Crippen LogP contribution in [0.4, 0.5) is 0 Å². The third-order valence-corrected chi connectivity index (χ3v) is 2.59. The lowest BCUT2D eigenvalue weighted by atomic mass is 10.2. The molecule has 0 aliphatic carbocycles. The van der Waals surface area contributed by atoms with E-state index in [0.717, 1.165) is 12.5 Å². The highest BCUT2D eigenvalue weighted by Crippen LogP contribution is 2.02. The summed E-state index contributed by atoms with van der Waals surface area (Å²) >= 11 is 0. The van der Waals surface area contributed by atoms with Gasteiger partial charge in [0.15, 0.2) is 0 Å². The summed E-state index contributed by atoms with van der Waals surface area (Å²) in [4.78, 5) is 11.0. The summed E-state index contributed by atoms with van der Waals surface area (Å²) in [5.74, 6) is -0.0364. The van der Waals surface area contributed by atoms with E-state index >= 15 is 0 Å². The molecule has 0 atom stereocenters. The van der Waals surface area contributed by atoms with Gasteiger partial charge in [-0.05, 0) is 19.4 Å². The summed E-state index contributed by atoms with van der Waals surface area (Å²) in [6, 6.07) is 1.02. The molecular weight excluding hydrogens is 168 g/mol. The highest BCUT2D eigenvalue weighted by molar-refractivity contribution is 6.30. The SMILES string of the molecule is C=C(C)CC[SiH2]OC(=O)C(C)C. The molecule has 0 aromatic rings. The molecular formula is C9H18O2Si. The largest absolute Gasteiger partial charge is 0.525 e. The van der Waals surface area contributed by atoms with E-state index in [9.17, 15) is 4.79 Å². The molecule has 12 heavy (non-hydrogen) atoms. The van der Waals surface area contributed by atoms with Crippen LogP contribution >= 0.6 is 0 Å². The quantitative estimate of drug-likeness (QED) is 0.371. The number of hydrogen-bond acceptors (Lipinski definition) is 2. The fourth-order valence-electron chi connectivity index (χ4n) is 0.713. The van der Waals surface area contributed by atoms with Gasteiger partial charge in [-0.1, -0.05) is 19.4 Å². The van der Waals surface area contributed by atoms with Crippen molar-refractivity contribution in [3.8, 4) is 0 Å². The molecule has 0 spiro atoms. The van der Waals surface area contributed by atoms with E-state index in [2.05, 4.69) is 6.58 Å². The maximum absolute atomic E-state index is 11.0. The molecule has 0 unspecified atom stereocenters. The normalized spacial score (nSPS) is 11.0. The van der Waals surface area contributed by atoms with Crippen molar-refractivity contribution in [1.82, 2.24) is 0 Å². The Morgan fingerprint density at radius 2 is 2.17 bits per heavy atom. The van der Waals surface area contributed by atoms with Crippen LogP contribution in [0.15, 0.2) is 12.2 Å². The second-order valence-corrected chi connectivity index (χ2v) is 4.79. The lowest BCUT2D eigenvalue weighted by Crippen LogP contribution is -2.14. The first kappa shape index (κ1) is 11.4. The first-order valence-electron chi connectivity index (χ1n) is 4.35. The molecule has 0 saturated heterocycles. The van der Waals surface area contributed by atoms with Gasteiger partial charge in [0.1, 0.15) is 0 Å². The maximum atomic E-state index is 11.0. The van der Waals surface area contributed by atoms with Gasteiger partial charge in [0.25, 0.3) is 5.97 Å². The predicted octanol–water partition coefficient (Wildman–Crippen LogP) is 1.65. The number of rotatable bonds is 5. The van der Waals surface area contributed by atoms with Crippen molar-refractivity contribution in [2.45, 2.75) is 33.2 Å². The van der Waals surface area contributed by atoms with Crippen molar-refractivity contribution in [1.29, 1.82) is 0 Å². The minimum atomic E-state index is -0.632. The van der Waals surface area contributed by atoms with E-state index in [-0.39, 0.29) is 11.9 Å². The molecule has 0 fully saturated rings. The van der Waals surface area contributed by atoms with Crippen LogP contribution in [0.5, 0.6) is 0 Å². The van der Waals surface area contributed by atoms with Gasteiger partial charge in [-0.3, -0.25) is 4.79 Å². The Kier molecular flexibility index (Phi) is 5.71. The van der Waals surface area contributed by atoms with E-state index in [1.165, 1.54) is 5.57 Å². The van der Waals surface area contributed by atoms with Crippen LogP contribution in [0, 0.1) is 5.92 Å². The Hall–Kier alpha value is -0.573. The van der Waals surface area contributed by atoms with E-state index in [1.54, 1.807) is 0 Å². The van der Waals surface area contributed by atoms with Gasteiger partial charge in [0.05, 0.1) is 0 Å². The zero-order chi connectivity index (χ0) is 9.56. The number of allylic oxidation sites excluding steroid dienone is 1. The molecule has 2 nitrogen and oxygen atoms in total. The first-order valence-corrected chi connectivity index (χ1v) is 5.92. The fourth-order valence-corrected chi connectivity index (χ4v) is 2.14. The van der Waals surface area contributed by atoms with E-state index in [4.69, 9.17) is 4.43 Å². The first-order chi connectivity index (χ1) is 5.54. The molecule has 0 amide bonds. The molecule has 0 rings (SSSR count). The highest BCUT2D eigenvalue weighted by Gasteiger charge is 2.06. The van der Waals surface area contributed by atoms with Gasteiger partial charge < -0.3 is 4.43 Å². The molecule has 0 saturated carbocycles. The van der Waals surface area contributed by atoms with Crippen molar-refractivity contribution in [3.63, 3.8) is 0 Å². The standard InChI is InChI=1S/C9H18O2Si/c1-7(2)5-6-12-11-9(10)8(3)4/h8H,1,5-6,12H2,2-4H3. The Morgan fingerprint density at radius 1 is 1.58 bits per heavy atom. The number of hydrogen-bond donors (Lipinski definition) is 0. The second-order valence-electron chi connectivity index (χ2n) is 3.38. The van der Waals surface area contributed by atoms with Crippen molar-refractivity contribution in [3.05, 3.63) is 12.2 Å². The van der Waals surface area contributed by atoms with Crippen LogP contribution in [-0.2, 0) is 9.22 Å². The van der Waals surface area contributed by atoms with Crippen molar-refractivity contribution in [2.75, 3.05) is 0 Å². The van der Waals surface area contributed by atoms with Crippen LogP contribution < -0.4 is 0 Å². The average Bonchev–Trinajstić information content (AvgIpc) is 1.97. The van der Waals surface area contributed by atoms with Crippen LogP contribution in [0.1, 0.15) is 27.2 Å². The summed E-state index contributed by atoms with van der Waals surface area (Å²) in [6.07, 6.45) is 0.998. The smallest absolute Gasteiger partial charge is 0.294 e. The van der Waals surface area contributed by atoms with Crippen LogP contribution in [0.2, 0.25) is 6.04 Å². The van der Waals surface area contributed by atoms with Gasteiger partial charge in [0.2, 0.25) is 9.76 Å². The zero-order valence-electron chi connectivity index (χ0n) is 8.22. The molecule has 3 heteroatoms. The van der Waals surface area contributed by atoms with Gasteiger partial charge >= 0.3 is 0 Å². The highest BCUT2D eigenvalue weighted by atomic mass is 28.2. The van der Waals surface area contributed by atoms with E-state index in [0.29, 0.717) is 0 Å². The molecule has 0 radical (unpaired) electrons. The molecule has 70 valence electrons. The monoisotopic (exact) mass is 186 g/mol. The Balaban J connectivity index is 3.32. The van der Waals surface area contributed by atoms with Gasteiger partial charge in [-0.2, -0.15) is 0 Å². The van der Waals surface area contributed by atoms with Gasteiger partial charge in [-0.15, -0.1) is 6.58 Å². The van der Waals surface area contributed by atoms with Crippen LogP contribution in [0.25, 0.3) is 0 Å². The molecule has 0 aromatic carbocycles. The van der Waals surface area contributed by atoms with Crippen LogP contribution in [0.3, 0.4) is 0 Å². The Labute approximate surface area is 76.9 Å². The Bertz CT molecular complexity index is 164. The third kappa shape index (κ3) is 6.16. The summed E-state index contributed by atoms with van der Waals surface area (Å²) in [5, 5.41) is 0. The summed E-state index contributed by atoms with van der Waals surface area (Å²) < 4.78 is 5.11. The van der Waals surface area contributed by atoms with E-state index in [1.807, 2.05) is 20.8 Å². The molecule has 0 heterocycles. The molecule has 0 N–H and O–H groups in total. The minimum absolute atomic E-state index is 0.0160. The molecule has 0 aliphatic heterocycles. The second kappa shape index (κ2) is 6.00.